The van der Waals surface area contributed by atoms with Crippen LogP contribution in [0.2, 0.25) is 0 Å². The minimum atomic E-state index is 0.425. The Morgan fingerprint density at radius 3 is 2.84 bits per heavy atom. The highest BCUT2D eigenvalue weighted by molar-refractivity contribution is 7.80. The highest BCUT2D eigenvalue weighted by Gasteiger charge is 2.27. The van der Waals surface area contributed by atoms with Gasteiger partial charge >= 0.3 is 0 Å². The molecule has 4 heteroatoms. The number of hydrogen-bond acceptors (Lipinski definition) is 3. The Bertz CT molecular complexity index is 445. The zero-order valence-electron chi connectivity index (χ0n) is 11.7. The third kappa shape index (κ3) is 3.66. The van der Waals surface area contributed by atoms with Crippen molar-refractivity contribution in [3.63, 3.8) is 0 Å². The number of nitrogens with zero attached hydrogens (tertiary/aromatic N) is 1. The Hall–Kier alpha value is -1.16. The summed E-state index contributed by atoms with van der Waals surface area (Å²) in [6.45, 7) is 4.62. The number of anilines is 1. The fourth-order valence-corrected chi connectivity index (χ4v) is 3.12. The molecule has 2 atom stereocenters. The van der Waals surface area contributed by atoms with Crippen molar-refractivity contribution >= 4 is 23.0 Å². The van der Waals surface area contributed by atoms with Crippen molar-refractivity contribution in [2.24, 2.45) is 17.6 Å². The molecule has 1 saturated carbocycles. The van der Waals surface area contributed by atoms with E-state index in [0.717, 1.165) is 17.3 Å². The molecule has 1 heterocycles. The maximum Gasteiger partial charge on any atom is 0.126 e. The molecule has 1 fully saturated rings. The second-order valence-electron chi connectivity index (χ2n) is 5.74. The van der Waals surface area contributed by atoms with Gasteiger partial charge in [-0.25, -0.2) is 4.98 Å². The summed E-state index contributed by atoms with van der Waals surface area (Å²) in [6.07, 6.45) is 6.95. The molecule has 3 N–H and O–H groups in total. The van der Waals surface area contributed by atoms with Gasteiger partial charge in [0.1, 0.15) is 10.8 Å². The fraction of sp³-hybridized carbons (Fsp3) is 0.600. The van der Waals surface area contributed by atoms with Crippen molar-refractivity contribution in [3.05, 3.63) is 23.9 Å². The van der Waals surface area contributed by atoms with Crippen molar-refractivity contribution in [1.82, 2.24) is 4.98 Å². The summed E-state index contributed by atoms with van der Waals surface area (Å²) in [7, 11) is 0. The molecule has 1 aliphatic carbocycles. The maximum atomic E-state index is 5.67. The molecule has 1 aromatic heterocycles. The van der Waals surface area contributed by atoms with E-state index in [0.29, 0.717) is 16.9 Å². The van der Waals surface area contributed by atoms with E-state index in [2.05, 4.69) is 24.1 Å². The van der Waals surface area contributed by atoms with Gasteiger partial charge in [-0.2, -0.15) is 0 Å². The lowest BCUT2D eigenvalue weighted by atomic mass is 9.78. The largest absolute Gasteiger partial charge is 0.389 e. The van der Waals surface area contributed by atoms with Crippen LogP contribution in [0, 0.1) is 11.8 Å². The van der Waals surface area contributed by atoms with Gasteiger partial charge in [0.15, 0.2) is 0 Å². The quantitative estimate of drug-likeness (QED) is 0.829. The van der Waals surface area contributed by atoms with E-state index in [1.165, 1.54) is 25.7 Å². The molecule has 3 nitrogen and oxygen atoms in total. The van der Waals surface area contributed by atoms with Crippen molar-refractivity contribution in [3.8, 4) is 0 Å². The van der Waals surface area contributed by atoms with Crippen molar-refractivity contribution in [1.29, 1.82) is 0 Å². The van der Waals surface area contributed by atoms with E-state index in [1.807, 2.05) is 12.1 Å². The van der Waals surface area contributed by atoms with E-state index < -0.39 is 0 Å². The first-order valence-electron chi connectivity index (χ1n) is 7.10. The summed E-state index contributed by atoms with van der Waals surface area (Å²) in [5.74, 6) is 2.32. The molecule has 0 aromatic carbocycles. The predicted molar refractivity (Wildman–Crippen MR) is 84.3 cm³/mol. The summed E-state index contributed by atoms with van der Waals surface area (Å²) in [5, 5.41) is 3.58. The first-order valence-corrected chi connectivity index (χ1v) is 7.51. The lowest BCUT2D eigenvalue weighted by molar-refractivity contribution is 0.253. The lowest BCUT2D eigenvalue weighted by Gasteiger charge is -2.35. The van der Waals surface area contributed by atoms with Crippen LogP contribution in [-0.2, 0) is 0 Å². The van der Waals surface area contributed by atoms with Crippen LogP contribution in [-0.4, -0.2) is 16.0 Å². The topological polar surface area (TPSA) is 50.9 Å². The fourth-order valence-electron chi connectivity index (χ4n) is 2.99. The molecule has 0 bridgehead atoms. The van der Waals surface area contributed by atoms with Gasteiger partial charge in [-0.3, -0.25) is 0 Å². The zero-order chi connectivity index (χ0) is 13.8. The Labute approximate surface area is 121 Å². The van der Waals surface area contributed by atoms with Crippen LogP contribution in [0.25, 0.3) is 0 Å². The molecule has 0 spiro atoms. The van der Waals surface area contributed by atoms with E-state index in [4.69, 9.17) is 18.0 Å². The molecule has 0 amide bonds. The molecular formula is C15H23N3S. The predicted octanol–water partition coefficient (Wildman–Crippen LogP) is 3.34. The van der Waals surface area contributed by atoms with E-state index >= 15 is 0 Å². The third-order valence-electron chi connectivity index (χ3n) is 4.05. The highest BCUT2D eigenvalue weighted by atomic mass is 32.1. The van der Waals surface area contributed by atoms with Crippen LogP contribution in [0.15, 0.2) is 18.3 Å². The third-order valence-corrected chi connectivity index (χ3v) is 4.29. The van der Waals surface area contributed by atoms with Gasteiger partial charge in [0.05, 0.1) is 0 Å². The smallest absolute Gasteiger partial charge is 0.126 e. The van der Waals surface area contributed by atoms with Gasteiger partial charge in [-0.15, -0.1) is 0 Å². The average molecular weight is 277 g/mol. The van der Waals surface area contributed by atoms with Crippen LogP contribution in [0.3, 0.4) is 0 Å². The number of rotatable bonds is 4. The number of pyridine rings is 1. The number of thiocarbonyl (C=S) groups is 1. The number of nitrogens with one attached hydrogen (secondary N) is 1. The summed E-state index contributed by atoms with van der Waals surface area (Å²) in [5.41, 5.74) is 6.55. The Morgan fingerprint density at radius 2 is 2.16 bits per heavy atom. The van der Waals surface area contributed by atoms with Crippen molar-refractivity contribution in [2.45, 2.75) is 45.6 Å². The summed E-state index contributed by atoms with van der Waals surface area (Å²) < 4.78 is 0. The monoisotopic (exact) mass is 277 g/mol. The molecule has 1 aliphatic rings. The lowest BCUT2D eigenvalue weighted by Crippen LogP contribution is -2.35. The second kappa shape index (κ2) is 6.33. The van der Waals surface area contributed by atoms with E-state index in [-0.39, 0.29) is 0 Å². The first-order chi connectivity index (χ1) is 9.08. The first kappa shape index (κ1) is 14.3. The minimum absolute atomic E-state index is 0.425. The molecule has 2 rings (SSSR count). The molecule has 19 heavy (non-hydrogen) atoms. The van der Waals surface area contributed by atoms with Crippen LogP contribution < -0.4 is 11.1 Å². The molecule has 1 aromatic rings. The van der Waals surface area contributed by atoms with Gasteiger partial charge in [-0.05, 0) is 36.8 Å². The molecule has 0 radical (unpaired) electrons. The van der Waals surface area contributed by atoms with Crippen LogP contribution in [0.5, 0.6) is 0 Å². The van der Waals surface area contributed by atoms with E-state index in [1.54, 1.807) is 6.20 Å². The number of aromatic nitrogens is 1. The SMILES string of the molecule is CC(C)C1CCCCC1Nc1cc(C(N)=S)ccn1. The van der Waals surface area contributed by atoms with Gasteiger partial charge in [0.25, 0.3) is 0 Å². The average Bonchev–Trinajstić information content (AvgIpc) is 2.39. The molecule has 104 valence electrons. The Balaban J connectivity index is 2.10. The highest BCUT2D eigenvalue weighted by Crippen LogP contribution is 2.32. The normalized spacial score (nSPS) is 23.3. The van der Waals surface area contributed by atoms with Crippen molar-refractivity contribution in [2.75, 3.05) is 5.32 Å². The van der Waals surface area contributed by atoms with Gasteiger partial charge < -0.3 is 11.1 Å². The number of nitrogens with two attached hydrogens (primary N) is 1. The van der Waals surface area contributed by atoms with Gasteiger partial charge in [0.2, 0.25) is 0 Å². The van der Waals surface area contributed by atoms with Crippen LogP contribution >= 0.6 is 12.2 Å². The number of hydrogen-bond donors (Lipinski definition) is 2. The summed E-state index contributed by atoms with van der Waals surface area (Å²) >= 11 is 5.01. The standard InChI is InChI=1S/C15H23N3S/c1-10(2)12-5-3-4-6-13(12)18-14-9-11(15(16)19)7-8-17-14/h7-10,12-13H,3-6H2,1-2H3,(H2,16,19)(H,17,18). The molecule has 2 unspecified atom stereocenters. The Kier molecular flexibility index (Phi) is 4.75. The summed E-state index contributed by atoms with van der Waals surface area (Å²) in [4.78, 5) is 4.81. The molecular weight excluding hydrogens is 254 g/mol. The maximum absolute atomic E-state index is 5.67. The molecule has 0 saturated heterocycles. The van der Waals surface area contributed by atoms with Gasteiger partial charge in [0, 0.05) is 17.8 Å². The summed E-state index contributed by atoms with van der Waals surface area (Å²) in [6, 6.07) is 4.32. The minimum Gasteiger partial charge on any atom is -0.389 e. The zero-order valence-corrected chi connectivity index (χ0v) is 12.5. The molecule has 0 aliphatic heterocycles. The van der Waals surface area contributed by atoms with Crippen LogP contribution in [0.4, 0.5) is 5.82 Å². The van der Waals surface area contributed by atoms with Gasteiger partial charge in [-0.1, -0.05) is 38.9 Å². The van der Waals surface area contributed by atoms with E-state index in [9.17, 15) is 0 Å². The Morgan fingerprint density at radius 1 is 1.42 bits per heavy atom. The van der Waals surface area contributed by atoms with Crippen molar-refractivity contribution < 1.29 is 0 Å². The van der Waals surface area contributed by atoms with Crippen LogP contribution in [0.1, 0.15) is 45.1 Å². The second-order valence-corrected chi connectivity index (χ2v) is 6.18.